The number of nitrogens with one attached hydrogen (secondary N) is 1. The van der Waals surface area contributed by atoms with Crippen LogP contribution in [-0.2, 0) is 32.8 Å². The number of carbonyl (C=O) groups is 2. The molecule has 1 unspecified atom stereocenters. The molecule has 0 aliphatic carbocycles. The van der Waals surface area contributed by atoms with Crippen LogP contribution in [0.4, 0.5) is 14.9 Å². The van der Waals surface area contributed by atoms with Crippen LogP contribution in [0.3, 0.4) is 0 Å². The Hall–Kier alpha value is -3.34. The van der Waals surface area contributed by atoms with Gasteiger partial charge in [-0.1, -0.05) is 36.8 Å². The van der Waals surface area contributed by atoms with E-state index in [4.69, 9.17) is 9.47 Å². The maximum Gasteiger partial charge on any atom is 0.410 e. The smallest absolute Gasteiger partial charge is 0.410 e. The van der Waals surface area contributed by atoms with Gasteiger partial charge in [-0.05, 0) is 69.2 Å². The summed E-state index contributed by atoms with van der Waals surface area (Å²) in [5.74, 6) is -1.47. The van der Waals surface area contributed by atoms with Gasteiger partial charge in [0.15, 0.2) is 5.82 Å². The highest BCUT2D eigenvalue weighted by molar-refractivity contribution is 7.92. The molecule has 0 bridgehead atoms. The van der Waals surface area contributed by atoms with Crippen molar-refractivity contribution in [2.75, 3.05) is 23.9 Å². The Balaban J connectivity index is 1.60. The Morgan fingerprint density at radius 1 is 1.13 bits per heavy atom. The van der Waals surface area contributed by atoms with Gasteiger partial charge in [-0.25, -0.2) is 18.2 Å². The Kier molecular flexibility index (Phi) is 8.15. The number of ether oxygens (including phenoxy) is 2. The van der Waals surface area contributed by atoms with E-state index in [1.165, 1.54) is 6.07 Å². The highest BCUT2D eigenvalue weighted by atomic mass is 32.2. The molecule has 1 N–H and O–H groups in total. The van der Waals surface area contributed by atoms with E-state index >= 15 is 4.39 Å². The average molecular weight is 548 g/mol. The molecular formula is C27H34FN3O6S. The van der Waals surface area contributed by atoms with E-state index in [9.17, 15) is 18.0 Å². The third kappa shape index (κ3) is 6.94. The van der Waals surface area contributed by atoms with Crippen LogP contribution in [0.5, 0.6) is 5.75 Å². The molecule has 9 nitrogen and oxygen atoms in total. The summed E-state index contributed by atoms with van der Waals surface area (Å²) in [5, 5.41) is 0. The molecule has 1 atom stereocenters. The van der Waals surface area contributed by atoms with E-state index in [0.29, 0.717) is 29.4 Å². The molecule has 0 saturated carbocycles. The molecule has 206 valence electrons. The molecule has 11 heteroatoms. The Morgan fingerprint density at radius 3 is 2.53 bits per heavy atom. The van der Waals surface area contributed by atoms with Crippen molar-refractivity contribution in [3.05, 3.63) is 59.4 Å². The number of amides is 2. The number of hydrogen-bond donors (Lipinski definition) is 1. The van der Waals surface area contributed by atoms with Crippen molar-refractivity contribution in [1.29, 1.82) is 0 Å². The Bertz CT molecular complexity index is 1280. The summed E-state index contributed by atoms with van der Waals surface area (Å²) in [4.78, 5) is 26.2. The molecule has 2 aliphatic heterocycles. The molecule has 2 aromatic carbocycles. The van der Waals surface area contributed by atoms with Gasteiger partial charge in [0, 0.05) is 13.1 Å². The van der Waals surface area contributed by atoms with Crippen molar-refractivity contribution in [2.24, 2.45) is 5.92 Å². The maximum atomic E-state index is 15.6. The first-order valence-corrected chi connectivity index (χ1v) is 14.2. The molecule has 2 amide bonds. The number of anilines is 1. The molecule has 2 aliphatic rings. The summed E-state index contributed by atoms with van der Waals surface area (Å²) in [6.07, 6.45) is 2.71. The van der Waals surface area contributed by atoms with E-state index < -0.39 is 34.1 Å². The molecular weight excluding hydrogens is 513 g/mol. The highest BCUT2D eigenvalue weighted by Crippen LogP contribution is 2.37. The van der Waals surface area contributed by atoms with E-state index in [2.05, 4.69) is 0 Å². The zero-order chi connectivity index (χ0) is 27.5. The number of hydrogen-bond acceptors (Lipinski definition) is 6. The van der Waals surface area contributed by atoms with Crippen molar-refractivity contribution in [1.82, 2.24) is 9.62 Å². The number of carbonyl (C=O) groups excluding carboxylic acids is 2. The summed E-state index contributed by atoms with van der Waals surface area (Å²) >= 11 is 0. The van der Waals surface area contributed by atoms with Crippen LogP contribution in [0.25, 0.3) is 0 Å². The van der Waals surface area contributed by atoms with Gasteiger partial charge in [0.2, 0.25) is 0 Å². The van der Waals surface area contributed by atoms with E-state index in [1.54, 1.807) is 11.0 Å². The quantitative estimate of drug-likeness (QED) is 0.582. The van der Waals surface area contributed by atoms with Crippen molar-refractivity contribution in [2.45, 2.75) is 58.7 Å². The van der Waals surface area contributed by atoms with Gasteiger partial charge < -0.3 is 14.4 Å². The molecule has 0 aromatic heterocycles. The molecule has 4 rings (SSSR count). The minimum atomic E-state index is -4.24. The van der Waals surface area contributed by atoms with E-state index in [-0.39, 0.29) is 30.1 Å². The van der Waals surface area contributed by atoms with Crippen LogP contribution in [0.2, 0.25) is 0 Å². The second-order valence-electron chi connectivity index (χ2n) is 10.7. The number of likely N-dealkylation sites (tertiary alicyclic amines) is 1. The fourth-order valence-corrected chi connectivity index (χ4v) is 5.87. The highest BCUT2D eigenvalue weighted by Gasteiger charge is 2.38. The Labute approximate surface area is 223 Å². The fourth-order valence-electron chi connectivity index (χ4n) is 4.70. The normalized spacial score (nSPS) is 19.6. The van der Waals surface area contributed by atoms with Gasteiger partial charge >= 0.3 is 16.3 Å². The standard InChI is InChI=1S/C27H34FN3O6S/c1-27(2,3)37-26(33)30-12-8-7-11-20(16-30)13-21-14-22(28)25(31-17-24(32)29-38(31,34)35)23(15-21)36-18-19-9-5-4-6-10-19/h4-6,9-10,14-15,20H,7-8,11-13,16-18H2,1-3H3,(H,29,32). The summed E-state index contributed by atoms with van der Waals surface area (Å²) in [7, 11) is -4.24. The van der Waals surface area contributed by atoms with E-state index in [1.807, 2.05) is 55.8 Å². The van der Waals surface area contributed by atoms with Crippen LogP contribution in [0, 0.1) is 11.7 Å². The van der Waals surface area contributed by atoms with Gasteiger partial charge in [0.05, 0.1) is 0 Å². The SMILES string of the molecule is CC(C)(C)OC(=O)N1CCCCC(Cc2cc(F)c(N3CC(=O)NS3(=O)=O)c(OCc3ccccc3)c2)C1. The van der Waals surface area contributed by atoms with Crippen LogP contribution in [-0.4, -0.2) is 50.6 Å². The molecule has 38 heavy (non-hydrogen) atoms. The van der Waals surface area contributed by atoms with Gasteiger partial charge in [0.1, 0.15) is 30.2 Å². The first-order valence-electron chi connectivity index (χ1n) is 12.7. The minimum absolute atomic E-state index is 0.0292. The van der Waals surface area contributed by atoms with Crippen molar-refractivity contribution in [3.63, 3.8) is 0 Å². The number of benzene rings is 2. The summed E-state index contributed by atoms with van der Waals surface area (Å²) in [5.41, 5.74) is 0.523. The maximum absolute atomic E-state index is 15.6. The molecule has 0 radical (unpaired) electrons. The van der Waals surface area contributed by atoms with Crippen LogP contribution >= 0.6 is 0 Å². The van der Waals surface area contributed by atoms with Gasteiger partial charge in [-0.3, -0.25) is 4.79 Å². The van der Waals surface area contributed by atoms with Crippen LogP contribution in [0.15, 0.2) is 42.5 Å². The monoisotopic (exact) mass is 547 g/mol. The van der Waals surface area contributed by atoms with Crippen molar-refractivity contribution in [3.8, 4) is 5.75 Å². The third-order valence-electron chi connectivity index (χ3n) is 6.34. The fraction of sp³-hybridized carbons (Fsp3) is 0.481. The van der Waals surface area contributed by atoms with Crippen molar-refractivity contribution < 1.29 is 31.9 Å². The number of nitrogens with zero attached hydrogens (tertiary/aromatic N) is 2. The number of halogens is 1. The largest absolute Gasteiger partial charge is 0.487 e. The first-order chi connectivity index (χ1) is 17.9. The van der Waals surface area contributed by atoms with E-state index in [0.717, 1.165) is 24.8 Å². The Morgan fingerprint density at radius 2 is 1.87 bits per heavy atom. The zero-order valence-electron chi connectivity index (χ0n) is 21.9. The average Bonchev–Trinajstić information content (AvgIpc) is 2.97. The lowest BCUT2D eigenvalue weighted by molar-refractivity contribution is -0.117. The molecule has 0 spiro atoms. The number of rotatable bonds is 6. The predicted octanol–water partition coefficient (Wildman–Crippen LogP) is 4.17. The minimum Gasteiger partial charge on any atom is -0.487 e. The molecule has 2 heterocycles. The lowest BCUT2D eigenvalue weighted by atomic mass is 9.94. The summed E-state index contributed by atoms with van der Waals surface area (Å²) in [6, 6.07) is 12.1. The third-order valence-corrected chi connectivity index (χ3v) is 7.72. The lowest BCUT2D eigenvalue weighted by Crippen LogP contribution is -2.39. The van der Waals surface area contributed by atoms with Gasteiger partial charge in [0.25, 0.3) is 5.91 Å². The summed E-state index contributed by atoms with van der Waals surface area (Å²) in [6.45, 7) is 6.09. The molecule has 2 saturated heterocycles. The molecule has 2 aromatic rings. The predicted molar refractivity (Wildman–Crippen MR) is 140 cm³/mol. The zero-order valence-corrected chi connectivity index (χ0v) is 22.7. The van der Waals surface area contributed by atoms with Crippen LogP contribution < -0.4 is 13.8 Å². The van der Waals surface area contributed by atoms with Crippen molar-refractivity contribution >= 4 is 27.9 Å². The second kappa shape index (κ2) is 11.2. The lowest BCUT2D eigenvalue weighted by Gasteiger charge is -2.28. The topological polar surface area (TPSA) is 105 Å². The van der Waals surface area contributed by atoms with Gasteiger partial charge in [-0.15, -0.1) is 0 Å². The second-order valence-corrected chi connectivity index (χ2v) is 12.3. The molecule has 2 fully saturated rings. The van der Waals surface area contributed by atoms with Gasteiger partial charge in [-0.2, -0.15) is 8.42 Å². The first kappa shape index (κ1) is 27.7. The van der Waals surface area contributed by atoms with Crippen LogP contribution in [0.1, 0.15) is 51.2 Å². The summed E-state index contributed by atoms with van der Waals surface area (Å²) < 4.78 is 54.7.